The third-order valence-corrected chi connectivity index (χ3v) is 4.80. The molecule has 1 aromatic carbocycles. The minimum Gasteiger partial charge on any atom is -0.385 e. The van der Waals surface area contributed by atoms with E-state index in [4.69, 9.17) is 0 Å². The Hall–Kier alpha value is -0.890. The molecule has 1 aromatic rings. The summed E-state index contributed by atoms with van der Waals surface area (Å²) in [4.78, 5) is 0. The molecule has 0 saturated heterocycles. The molecule has 18 heavy (non-hydrogen) atoms. The van der Waals surface area contributed by atoms with Crippen LogP contribution in [0.2, 0.25) is 0 Å². The van der Waals surface area contributed by atoms with Gasteiger partial charge in [-0.15, -0.1) is 0 Å². The first-order chi connectivity index (χ1) is 8.41. The van der Waals surface area contributed by atoms with Crippen molar-refractivity contribution < 1.29 is 9.50 Å². The molecule has 0 heterocycles. The Balaban J connectivity index is 2.20. The van der Waals surface area contributed by atoms with Gasteiger partial charge in [0.1, 0.15) is 5.82 Å². The van der Waals surface area contributed by atoms with E-state index in [-0.39, 0.29) is 11.7 Å². The average Bonchev–Trinajstić information content (AvgIpc) is 2.32. The Morgan fingerprint density at radius 3 is 2.56 bits per heavy atom. The second-order valence-electron chi connectivity index (χ2n) is 6.12. The maximum absolute atomic E-state index is 13.3. The van der Waals surface area contributed by atoms with Gasteiger partial charge >= 0.3 is 0 Å². The van der Waals surface area contributed by atoms with E-state index in [1.807, 2.05) is 13.0 Å². The molecule has 4 unspecified atom stereocenters. The van der Waals surface area contributed by atoms with E-state index in [0.29, 0.717) is 11.5 Å². The lowest BCUT2D eigenvalue weighted by Gasteiger charge is -2.40. The number of hydrogen-bond acceptors (Lipinski definition) is 1. The van der Waals surface area contributed by atoms with Crippen LogP contribution < -0.4 is 0 Å². The van der Waals surface area contributed by atoms with E-state index in [9.17, 15) is 9.50 Å². The number of aliphatic hydroxyl groups is 1. The molecule has 1 aliphatic rings. The van der Waals surface area contributed by atoms with Crippen LogP contribution in [-0.2, 0) is 5.60 Å². The van der Waals surface area contributed by atoms with Crippen molar-refractivity contribution in [2.75, 3.05) is 0 Å². The van der Waals surface area contributed by atoms with E-state index in [0.717, 1.165) is 25.2 Å². The molecule has 0 bridgehead atoms. The van der Waals surface area contributed by atoms with Gasteiger partial charge in [0, 0.05) is 0 Å². The van der Waals surface area contributed by atoms with Gasteiger partial charge in [-0.2, -0.15) is 0 Å². The standard InChI is InChI=1S/C16H23FO/c1-11-7-8-14(9-12(11)2)16(3,18)13-5-4-6-15(17)10-13/h4-6,10-12,14,18H,7-9H2,1-3H3. The van der Waals surface area contributed by atoms with Crippen molar-refractivity contribution in [3.05, 3.63) is 35.6 Å². The van der Waals surface area contributed by atoms with Gasteiger partial charge in [-0.05, 0) is 55.2 Å². The first kappa shape index (κ1) is 13.5. The van der Waals surface area contributed by atoms with Gasteiger partial charge in [-0.25, -0.2) is 4.39 Å². The zero-order valence-corrected chi connectivity index (χ0v) is 11.5. The van der Waals surface area contributed by atoms with Crippen LogP contribution >= 0.6 is 0 Å². The number of hydrogen-bond donors (Lipinski definition) is 1. The Bertz CT molecular complexity index is 413. The van der Waals surface area contributed by atoms with Gasteiger partial charge in [0.25, 0.3) is 0 Å². The average molecular weight is 250 g/mol. The minimum absolute atomic E-state index is 0.227. The van der Waals surface area contributed by atoms with Crippen molar-refractivity contribution >= 4 is 0 Å². The van der Waals surface area contributed by atoms with Gasteiger partial charge in [-0.1, -0.05) is 32.4 Å². The van der Waals surface area contributed by atoms with Crippen molar-refractivity contribution in [2.45, 2.75) is 45.6 Å². The second-order valence-corrected chi connectivity index (χ2v) is 6.12. The molecule has 0 amide bonds. The maximum Gasteiger partial charge on any atom is 0.123 e. The lowest BCUT2D eigenvalue weighted by molar-refractivity contribution is -0.0373. The van der Waals surface area contributed by atoms with Crippen LogP contribution in [0.25, 0.3) is 0 Å². The quantitative estimate of drug-likeness (QED) is 0.837. The molecule has 1 aliphatic carbocycles. The molecule has 2 heteroatoms. The molecular weight excluding hydrogens is 227 g/mol. The van der Waals surface area contributed by atoms with Crippen molar-refractivity contribution in [3.8, 4) is 0 Å². The predicted octanol–water partition coefficient (Wildman–Crippen LogP) is 4.11. The van der Waals surface area contributed by atoms with E-state index in [1.165, 1.54) is 12.1 Å². The van der Waals surface area contributed by atoms with Crippen LogP contribution in [0.5, 0.6) is 0 Å². The fourth-order valence-electron chi connectivity index (χ4n) is 3.10. The topological polar surface area (TPSA) is 20.2 Å². The number of rotatable bonds is 2. The van der Waals surface area contributed by atoms with Crippen molar-refractivity contribution in [1.29, 1.82) is 0 Å². The first-order valence-electron chi connectivity index (χ1n) is 6.89. The third kappa shape index (κ3) is 2.59. The molecule has 1 nitrogen and oxygen atoms in total. The van der Waals surface area contributed by atoms with Crippen molar-refractivity contribution in [3.63, 3.8) is 0 Å². The minimum atomic E-state index is -0.920. The van der Waals surface area contributed by atoms with Crippen LogP contribution in [0, 0.1) is 23.6 Å². The lowest BCUT2D eigenvalue weighted by atomic mass is 9.68. The highest BCUT2D eigenvalue weighted by molar-refractivity contribution is 5.23. The third-order valence-electron chi connectivity index (χ3n) is 4.80. The predicted molar refractivity (Wildman–Crippen MR) is 71.6 cm³/mol. The fourth-order valence-corrected chi connectivity index (χ4v) is 3.10. The molecular formula is C16H23FO. The zero-order valence-electron chi connectivity index (χ0n) is 11.5. The maximum atomic E-state index is 13.3. The second kappa shape index (κ2) is 5.00. The fraction of sp³-hybridized carbons (Fsp3) is 0.625. The van der Waals surface area contributed by atoms with Gasteiger partial charge < -0.3 is 5.11 Å². The molecule has 0 spiro atoms. The first-order valence-corrected chi connectivity index (χ1v) is 6.89. The molecule has 1 N–H and O–H groups in total. The monoisotopic (exact) mass is 250 g/mol. The Labute approximate surface area is 109 Å². The molecule has 1 saturated carbocycles. The summed E-state index contributed by atoms with van der Waals surface area (Å²) in [7, 11) is 0. The van der Waals surface area contributed by atoms with Crippen LogP contribution in [0.4, 0.5) is 4.39 Å². The smallest absolute Gasteiger partial charge is 0.123 e. The summed E-state index contributed by atoms with van der Waals surface area (Å²) >= 11 is 0. The van der Waals surface area contributed by atoms with E-state index < -0.39 is 5.60 Å². The largest absolute Gasteiger partial charge is 0.385 e. The van der Waals surface area contributed by atoms with Crippen LogP contribution in [0.1, 0.15) is 45.6 Å². The summed E-state index contributed by atoms with van der Waals surface area (Å²) in [5.74, 6) is 1.31. The van der Waals surface area contributed by atoms with Gasteiger partial charge in [0.15, 0.2) is 0 Å². The summed E-state index contributed by atoms with van der Waals surface area (Å²) in [6, 6.07) is 6.38. The molecule has 1 fully saturated rings. The Kier molecular flexibility index (Phi) is 3.76. The highest BCUT2D eigenvalue weighted by atomic mass is 19.1. The normalized spacial score (nSPS) is 31.9. The van der Waals surface area contributed by atoms with Crippen LogP contribution in [0.15, 0.2) is 24.3 Å². The van der Waals surface area contributed by atoms with Crippen LogP contribution in [0.3, 0.4) is 0 Å². The van der Waals surface area contributed by atoms with E-state index in [1.54, 1.807) is 6.07 Å². The summed E-state index contributed by atoms with van der Waals surface area (Å²) in [5.41, 5.74) is -0.217. The summed E-state index contributed by atoms with van der Waals surface area (Å²) in [6.45, 7) is 6.35. The van der Waals surface area contributed by atoms with Crippen molar-refractivity contribution in [2.24, 2.45) is 17.8 Å². The molecule has 0 aromatic heterocycles. The summed E-state index contributed by atoms with van der Waals surface area (Å²) in [6.07, 6.45) is 3.19. The summed E-state index contributed by atoms with van der Waals surface area (Å²) in [5, 5.41) is 10.8. The molecule has 2 rings (SSSR count). The molecule has 0 radical (unpaired) electrons. The van der Waals surface area contributed by atoms with Crippen molar-refractivity contribution in [1.82, 2.24) is 0 Å². The molecule has 4 atom stereocenters. The lowest BCUT2D eigenvalue weighted by Crippen LogP contribution is -2.37. The van der Waals surface area contributed by atoms with Crippen LogP contribution in [-0.4, -0.2) is 5.11 Å². The van der Waals surface area contributed by atoms with E-state index >= 15 is 0 Å². The zero-order chi connectivity index (χ0) is 13.3. The Morgan fingerprint density at radius 2 is 1.94 bits per heavy atom. The van der Waals surface area contributed by atoms with Gasteiger partial charge in [0.05, 0.1) is 5.60 Å². The Morgan fingerprint density at radius 1 is 1.22 bits per heavy atom. The SMILES string of the molecule is CC1CCC(C(C)(O)c2cccc(F)c2)CC1C. The molecule has 100 valence electrons. The molecule has 0 aliphatic heterocycles. The van der Waals surface area contributed by atoms with Gasteiger partial charge in [0.2, 0.25) is 0 Å². The summed E-state index contributed by atoms with van der Waals surface area (Å²) < 4.78 is 13.3. The highest BCUT2D eigenvalue weighted by Gasteiger charge is 2.38. The number of halogens is 1. The highest BCUT2D eigenvalue weighted by Crippen LogP contribution is 2.43. The number of benzene rings is 1. The van der Waals surface area contributed by atoms with E-state index in [2.05, 4.69) is 13.8 Å². The van der Waals surface area contributed by atoms with Gasteiger partial charge in [-0.3, -0.25) is 0 Å².